The van der Waals surface area contributed by atoms with Crippen LogP contribution >= 0.6 is 0 Å². The molecule has 0 aliphatic carbocycles. The van der Waals surface area contributed by atoms with Gasteiger partial charge in [-0.15, -0.1) is 0 Å². The van der Waals surface area contributed by atoms with E-state index in [2.05, 4.69) is 4.98 Å². The molecule has 3 nitrogen and oxygen atoms in total. The molecule has 0 bridgehead atoms. The predicted molar refractivity (Wildman–Crippen MR) is 70.6 cm³/mol. The number of rotatable bonds is 1. The number of pyridine rings is 1. The predicted octanol–water partition coefficient (Wildman–Crippen LogP) is 2.81. The van der Waals surface area contributed by atoms with Crippen LogP contribution in [0.3, 0.4) is 0 Å². The Bertz CT molecular complexity index is 613. The van der Waals surface area contributed by atoms with E-state index in [-0.39, 0.29) is 11.7 Å². The fourth-order valence-corrected chi connectivity index (χ4v) is 2.40. The molecule has 0 spiro atoms. The molecule has 2 heterocycles. The van der Waals surface area contributed by atoms with Gasteiger partial charge in [-0.3, -0.25) is 9.78 Å². The van der Waals surface area contributed by atoms with Crippen molar-refractivity contribution in [2.24, 2.45) is 0 Å². The van der Waals surface area contributed by atoms with Gasteiger partial charge in [-0.05, 0) is 48.7 Å². The molecule has 1 aliphatic heterocycles. The van der Waals surface area contributed by atoms with Crippen LogP contribution in [0.25, 0.3) is 0 Å². The maximum Gasteiger partial charge on any atom is 0.276 e. The quantitative estimate of drug-likeness (QED) is 0.786. The molecule has 0 unspecified atom stereocenters. The second kappa shape index (κ2) is 4.80. The summed E-state index contributed by atoms with van der Waals surface area (Å²) in [6.07, 6.45) is 3.25. The van der Waals surface area contributed by atoms with Crippen LogP contribution in [0.5, 0.6) is 0 Å². The summed E-state index contributed by atoms with van der Waals surface area (Å²) >= 11 is 0. The topological polar surface area (TPSA) is 33.2 Å². The van der Waals surface area contributed by atoms with Gasteiger partial charge in [0.25, 0.3) is 5.91 Å². The normalized spacial score (nSPS) is 14.1. The Hall–Kier alpha value is -2.23. The maximum absolute atomic E-state index is 13.2. The van der Waals surface area contributed by atoms with E-state index >= 15 is 0 Å². The fourth-order valence-electron chi connectivity index (χ4n) is 2.40. The molecule has 1 amide bonds. The summed E-state index contributed by atoms with van der Waals surface area (Å²) in [5.41, 5.74) is 2.10. The molecule has 19 heavy (non-hydrogen) atoms. The Morgan fingerprint density at radius 1 is 1.26 bits per heavy atom. The number of carbonyl (C=O) groups is 1. The maximum atomic E-state index is 13.2. The van der Waals surface area contributed by atoms with Crippen LogP contribution in [-0.4, -0.2) is 17.4 Å². The highest BCUT2D eigenvalue weighted by Crippen LogP contribution is 2.28. The lowest BCUT2D eigenvalue weighted by Crippen LogP contribution is -2.36. The average Bonchev–Trinajstić information content (AvgIpc) is 2.46. The zero-order chi connectivity index (χ0) is 13.2. The molecule has 0 saturated carbocycles. The molecule has 0 N–H and O–H groups in total. The first-order chi connectivity index (χ1) is 9.25. The molecule has 0 saturated heterocycles. The number of aromatic nitrogens is 1. The zero-order valence-corrected chi connectivity index (χ0v) is 10.3. The molecule has 1 aliphatic rings. The molecule has 0 atom stereocenters. The van der Waals surface area contributed by atoms with Crippen LogP contribution in [-0.2, 0) is 6.42 Å². The Morgan fingerprint density at radius 2 is 2.16 bits per heavy atom. The number of fused-ring (bicyclic) bond motifs is 1. The minimum absolute atomic E-state index is 0.131. The SMILES string of the molecule is O=C(c1ccccn1)N1CCCc2cc(F)ccc21. The number of nitrogens with zero attached hydrogens (tertiary/aromatic N) is 2. The average molecular weight is 256 g/mol. The van der Waals surface area contributed by atoms with Crippen molar-refractivity contribution in [2.45, 2.75) is 12.8 Å². The van der Waals surface area contributed by atoms with Crippen LogP contribution in [0, 0.1) is 5.82 Å². The summed E-state index contributed by atoms with van der Waals surface area (Å²) in [4.78, 5) is 18.2. The monoisotopic (exact) mass is 256 g/mol. The largest absolute Gasteiger partial charge is 0.307 e. The van der Waals surface area contributed by atoms with Crippen molar-refractivity contribution < 1.29 is 9.18 Å². The zero-order valence-electron chi connectivity index (χ0n) is 10.3. The van der Waals surface area contributed by atoms with Gasteiger partial charge in [-0.1, -0.05) is 6.07 Å². The van der Waals surface area contributed by atoms with E-state index in [0.29, 0.717) is 12.2 Å². The van der Waals surface area contributed by atoms with Gasteiger partial charge in [-0.2, -0.15) is 0 Å². The summed E-state index contributed by atoms with van der Waals surface area (Å²) in [5.74, 6) is -0.390. The lowest BCUT2D eigenvalue weighted by Gasteiger charge is -2.29. The van der Waals surface area contributed by atoms with Crippen molar-refractivity contribution in [3.8, 4) is 0 Å². The number of amides is 1. The highest BCUT2D eigenvalue weighted by molar-refractivity contribution is 6.05. The van der Waals surface area contributed by atoms with E-state index in [1.807, 2.05) is 0 Å². The number of benzene rings is 1. The van der Waals surface area contributed by atoms with Crippen molar-refractivity contribution in [3.63, 3.8) is 0 Å². The molecule has 3 rings (SSSR count). The Kier molecular flexibility index (Phi) is 2.99. The van der Waals surface area contributed by atoms with Gasteiger partial charge in [0.05, 0.1) is 0 Å². The Labute approximate surface area is 110 Å². The third-order valence-corrected chi connectivity index (χ3v) is 3.29. The van der Waals surface area contributed by atoms with Crippen molar-refractivity contribution >= 4 is 11.6 Å². The molecule has 0 fully saturated rings. The Morgan fingerprint density at radius 3 is 2.95 bits per heavy atom. The van der Waals surface area contributed by atoms with E-state index in [1.54, 1.807) is 35.4 Å². The molecule has 2 aromatic rings. The van der Waals surface area contributed by atoms with Gasteiger partial charge in [-0.25, -0.2) is 4.39 Å². The van der Waals surface area contributed by atoms with Crippen LogP contribution in [0.2, 0.25) is 0 Å². The Balaban J connectivity index is 1.98. The molecule has 4 heteroatoms. The van der Waals surface area contributed by atoms with Gasteiger partial charge >= 0.3 is 0 Å². The smallest absolute Gasteiger partial charge is 0.276 e. The van der Waals surface area contributed by atoms with E-state index in [0.717, 1.165) is 24.1 Å². The van der Waals surface area contributed by atoms with Gasteiger partial charge in [0.15, 0.2) is 0 Å². The number of carbonyl (C=O) groups excluding carboxylic acids is 1. The second-order valence-electron chi connectivity index (χ2n) is 4.55. The van der Waals surface area contributed by atoms with Crippen molar-refractivity contribution in [1.29, 1.82) is 0 Å². The number of hydrogen-bond acceptors (Lipinski definition) is 2. The van der Waals surface area contributed by atoms with Crippen LogP contribution in [0.1, 0.15) is 22.5 Å². The first kappa shape index (κ1) is 11.8. The number of hydrogen-bond donors (Lipinski definition) is 0. The van der Waals surface area contributed by atoms with Crippen LogP contribution in [0.4, 0.5) is 10.1 Å². The van der Waals surface area contributed by atoms with E-state index in [4.69, 9.17) is 0 Å². The van der Waals surface area contributed by atoms with Gasteiger partial charge < -0.3 is 4.90 Å². The summed E-state index contributed by atoms with van der Waals surface area (Å²) in [7, 11) is 0. The molecule has 1 aromatic carbocycles. The van der Waals surface area contributed by atoms with Gasteiger partial charge in [0.2, 0.25) is 0 Å². The van der Waals surface area contributed by atoms with Crippen molar-refractivity contribution in [3.05, 3.63) is 59.7 Å². The molecule has 1 aromatic heterocycles. The van der Waals surface area contributed by atoms with E-state index in [1.165, 1.54) is 12.1 Å². The number of aryl methyl sites for hydroxylation is 1. The first-order valence-corrected chi connectivity index (χ1v) is 6.27. The third-order valence-electron chi connectivity index (χ3n) is 3.29. The van der Waals surface area contributed by atoms with E-state index in [9.17, 15) is 9.18 Å². The van der Waals surface area contributed by atoms with Crippen molar-refractivity contribution in [1.82, 2.24) is 4.98 Å². The lowest BCUT2D eigenvalue weighted by molar-refractivity contribution is 0.0980. The standard InChI is InChI=1S/C15H13FN2O/c16-12-6-7-14-11(10-12)4-3-9-18(14)15(19)13-5-1-2-8-17-13/h1-2,5-8,10H,3-4,9H2. The summed E-state index contributed by atoms with van der Waals surface area (Å²) in [6, 6.07) is 9.83. The minimum atomic E-state index is -0.258. The molecule has 0 radical (unpaired) electrons. The third kappa shape index (κ3) is 2.21. The second-order valence-corrected chi connectivity index (χ2v) is 4.55. The van der Waals surface area contributed by atoms with Gasteiger partial charge in [0.1, 0.15) is 11.5 Å². The fraction of sp³-hybridized carbons (Fsp3) is 0.200. The highest BCUT2D eigenvalue weighted by Gasteiger charge is 2.24. The van der Waals surface area contributed by atoms with Crippen molar-refractivity contribution in [2.75, 3.05) is 11.4 Å². The van der Waals surface area contributed by atoms with Gasteiger partial charge in [0, 0.05) is 18.4 Å². The summed E-state index contributed by atoms with van der Waals surface area (Å²) in [6.45, 7) is 0.647. The van der Waals surface area contributed by atoms with Crippen LogP contribution < -0.4 is 4.90 Å². The lowest BCUT2D eigenvalue weighted by atomic mass is 10.0. The number of anilines is 1. The summed E-state index contributed by atoms with van der Waals surface area (Å²) < 4.78 is 13.2. The number of halogens is 1. The minimum Gasteiger partial charge on any atom is -0.307 e. The first-order valence-electron chi connectivity index (χ1n) is 6.27. The molecular formula is C15H13FN2O. The van der Waals surface area contributed by atoms with Crippen LogP contribution in [0.15, 0.2) is 42.6 Å². The molecular weight excluding hydrogens is 243 g/mol. The summed E-state index contributed by atoms with van der Waals surface area (Å²) in [5, 5.41) is 0. The van der Waals surface area contributed by atoms with E-state index < -0.39 is 0 Å². The highest BCUT2D eigenvalue weighted by atomic mass is 19.1. The molecule has 96 valence electrons.